The second-order valence-corrected chi connectivity index (χ2v) is 29.6. The first-order chi connectivity index (χ1) is 45.2. The molecule has 0 spiro atoms. The predicted octanol–water partition coefficient (Wildman–Crippen LogP) is 21.8. The van der Waals surface area contributed by atoms with E-state index in [1.165, 1.54) is 225 Å². The number of ether oxygens (including phenoxy) is 4. The van der Waals surface area contributed by atoms with Gasteiger partial charge in [0.2, 0.25) is 0 Å². The van der Waals surface area contributed by atoms with Crippen molar-refractivity contribution in [3.05, 3.63) is 0 Å². The molecule has 0 fully saturated rings. The van der Waals surface area contributed by atoms with E-state index in [0.717, 1.165) is 89.9 Å². The monoisotopic (exact) mass is 1370 g/mol. The molecule has 0 bridgehead atoms. The minimum Gasteiger partial charge on any atom is -0.462 e. The second kappa shape index (κ2) is 68.6. The Hall–Kier alpha value is -1.94. The number of rotatable bonds is 75. The van der Waals surface area contributed by atoms with Crippen molar-refractivity contribution in [1.82, 2.24) is 0 Å². The third kappa shape index (κ3) is 68.4. The molecule has 19 heteroatoms. The normalized spacial score (nSPS) is 13.9. The zero-order valence-corrected chi connectivity index (χ0v) is 62.0. The van der Waals surface area contributed by atoms with Crippen LogP contribution in [0.15, 0.2) is 0 Å². The van der Waals surface area contributed by atoms with Crippen molar-refractivity contribution < 1.29 is 80.2 Å². The Bertz CT molecular complexity index is 1770. The highest BCUT2D eigenvalue weighted by molar-refractivity contribution is 7.47. The van der Waals surface area contributed by atoms with Crippen LogP contribution in [-0.2, 0) is 65.4 Å². The maximum absolute atomic E-state index is 13.1. The summed E-state index contributed by atoms with van der Waals surface area (Å²) in [5, 5.41) is 10.6. The standard InChI is InChI=1S/C74H144O17P2/c1-5-9-13-17-21-25-29-32-34-37-39-43-47-51-55-59-72(77)85-65-70(91-74(79)61-57-53-49-45-41-38-35-33-30-26-22-18-14-10-6-2)67-89-93(82,83)87-63-68(75)62-86-92(80,81)88-66-69(64-84-71(76)58-54-50-46-42-28-24-20-16-12-8-4)90-73(78)60-56-52-48-44-40-36-31-27-23-19-15-11-7-3/h68-70,75H,5-67H2,1-4H3,(H,80,81)(H,82,83)/t68-,69+,70+/m0/s1. The fourth-order valence-corrected chi connectivity index (χ4v) is 13.0. The van der Waals surface area contributed by atoms with Crippen molar-refractivity contribution in [3.63, 3.8) is 0 Å². The van der Waals surface area contributed by atoms with Gasteiger partial charge in [0.15, 0.2) is 12.2 Å². The SMILES string of the molecule is CCCCCCCCCCCCCCCCCC(=O)OC[C@H](COP(=O)(O)OC[C@@H](O)COP(=O)(O)OC[C@@H](COC(=O)CCCCCCCCCCCC)OC(=O)CCCCCCCCCCCCCCC)OC(=O)CCCCCCCCCCCCCCCCC. The van der Waals surface area contributed by atoms with Crippen LogP contribution in [-0.4, -0.2) is 96.7 Å². The molecule has 552 valence electrons. The molecule has 0 rings (SSSR count). The number of carbonyl (C=O) groups is 4. The van der Waals surface area contributed by atoms with Gasteiger partial charge in [-0.1, -0.05) is 342 Å². The van der Waals surface area contributed by atoms with Gasteiger partial charge in [0.1, 0.15) is 19.3 Å². The van der Waals surface area contributed by atoms with E-state index in [9.17, 15) is 43.2 Å². The van der Waals surface area contributed by atoms with Crippen LogP contribution in [0.2, 0.25) is 0 Å². The van der Waals surface area contributed by atoms with Gasteiger partial charge in [-0.3, -0.25) is 37.3 Å². The lowest BCUT2D eigenvalue weighted by molar-refractivity contribution is -0.161. The molecule has 0 aromatic rings. The zero-order valence-electron chi connectivity index (χ0n) is 60.2. The first-order valence-electron chi connectivity index (χ1n) is 38.8. The number of phosphoric acid groups is 2. The molecule has 0 radical (unpaired) electrons. The summed E-state index contributed by atoms with van der Waals surface area (Å²) >= 11 is 0. The van der Waals surface area contributed by atoms with E-state index >= 15 is 0 Å². The smallest absolute Gasteiger partial charge is 0.462 e. The summed E-state index contributed by atoms with van der Waals surface area (Å²) < 4.78 is 68.5. The molecular weight excluding hydrogens is 1220 g/mol. The fourth-order valence-electron chi connectivity index (χ4n) is 11.4. The van der Waals surface area contributed by atoms with Gasteiger partial charge in [-0.15, -0.1) is 0 Å². The predicted molar refractivity (Wildman–Crippen MR) is 377 cm³/mol. The Morgan fingerprint density at radius 1 is 0.258 bits per heavy atom. The fraction of sp³-hybridized carbons (Fsp3) is 0.946. The van der Waals surface area contributed by atoms with E-state index in [4.69, 9.17) is 37.0 Å². The minimum atomic E-state index is -4.95. The van der Waals surface area contributed by atoms with Crippen molar-refractivity contribution in [2.75, 3.05) is 39.6 Å². The number of carbonyl (C=O) groups excluding carboxylic acids is 4. The lowest BCUT2D eigenvalue weighted by Crippen LogP contribution is -2.30. The van der Waals surface area contributed by atoms with Gasteiger partial charge < -0.3 is 33.8 Å². The number of aliphatic hydroxyl groups is 1. The summed E-state index contributed by atoms with van der Waals surface area (Å²) in [4.78, 5) is 72.7. The maximum Gasteiger partial charge on any atom is 0.472 e. The molecule has 17 nitrogen and oxygen atoms in total. The van der Waals surface area contributed by atoms with Gasteiger partial charge in [0, 0.05) is 25.7 Å². The van der Waals surface area contributed by atoms with Gasteiger partial charge in [-0.05, 0) is 25.7 Å². The molecule has 2 unspecified atom stereocenters. The largest absolute Gasteiger partial charge is 0.472 e. The van der Waals surface area contributed by atoms with Crippen LogP contribution in [0, 0.1) is 0 Å². The average molecular weight is 1370 g/mol. The lowest BCUT2D eigenvalue weighted by atomic mass is 10.0. The number of aliphatic hydroxyl groups excluding tert-OH is 1. The average Bonchev–Trinajstić information content (AvgIpc) is 1.93. The topological polar surface area (TPSA) is 237 Å². The zero-order chi connectivity index (χ0) is 68.2. The third-order valence-electron chi connectivity index (χ3n) is 17.4. The molecule has 0 aliphatic rings. The van der Waals surface area contributed by atoms with Crippen LogP contribution in [0.3, 0.4) is 0 Å². The highest BCUT2D eigenvalue weighted by Crippen LogP contribution is 2.45. The van der Waals surface area contributed by atoms with E-state index in [-0.39, 0.29) is 25.7 Å². The van der Waals surface area contributed by atoms with Crippen molar-refractivity contribution in [3.8, 4) is 0 Å². The van der Waals surface area contributed by atoms with E-state index in [0.29, 0.717) is 25.7 Å². The summed E-state index contributed by atoms with van der Waals surface area (Å²) in [5.74, 6) is -2.11. The van der Waals surface area contributed by atoms with Crippen molar-refractivity contribution in [1.29, 1.82) is 0 Å². The Kier molecular flexibility index (Phi) is 67.1. The Labute approximate surface area is 568 Å². The summed E-state index contributed by atoms with van der Waals surface area (Å²) in [5.41, 5.74) is 0. The van der Waals surface area contributed by atoms with Crippen molar-refractivity contribution >= 4 is 39.5 Å². The van der Waals surface area contributed by atoms with E-state index in [1.54, 1.807) is 0 Å². The number of esters is 4. The molecule has 0 aliphatic carbocycles. The highest BCUT2D eigenvalue weighted by Gasteiger charge is 2.30. The molecule has 3 N–H and O–H groups in total. The van der Waals surface area contributed by atoms with Crippen LogP contribution in [0.25, 0.3) is 0 Å². The minimum absolute atomic E-state index is 0.108. The van der Waals surface area contributed by atoms with Gasteiger partial charge in [0.05, 0.1) is 26.4 Å². The van der Waals surface area contributed by atoms with Crippen molar-refractivity contribution in [2.24, 2.45) is 0 Å². The van der Waals surface area contributed by atoms with Crippen LogP contribution in [0.4, 0.5) is 0 Å². The number of unbranched alkanes of at least 4 members (excludes halogenated alkanes) is 49. The number of phosphoric ester groups is 2. The van der Waals surface area contributed by atoms with Gasteiger partial charge >= 0.3 is 39.5 Å². The molecule has 93 heavy (non-hydrogen) atoms. The quantitative estimate of drug-likeness (QED) is 0.0222. The number of hydrogen-bond acceptors (Lipinski definition) is 15. The van der Waals surface area contributed by atoms with Crippen LogP contribution >= 0.6 is 15.6 Å². The maximum atomic E-state index is 13.1. The van der Waals surface area contributed by atoms with Gasteiger partial charge in [-0.25, -0.2) is 9.13 Å². The molecule has 5 atom stereocenters. The van der Waals surface area contributed by atoms with Crippen LogP contribution < -0.4 is 0 Å². The Morgan fingerprint density at radius 2 is 0.430 bits per heavy atom. The molecule has 0 aliphatic heterocycles. The highest BCUT2D eigenvalue weighted by atomic mass is 31.2. The van der Waals surface area contributed by atoms with E-state index < -0.39 is 97.5 Å². The molecular formula is C74H144O17P2. The molecule has 0 saturated carbocycles. The Balaban J connectivity index is 5.24. The van der Waals surface area contributed by atoms with E-state index in [2.05, 4.69) is 27.7 Å². The third-order valence-corrected chi connectivity index (χ3v) is 19.3. The first-order valence-corrected chi connectivity index (χ1v) is 41.8. The summed E-state index contributed by atoms with van der Waals surface area (Å²) in [6.07, 6.45) is 58.0. The summed E-state index contributed by atoms with van der Waals surface area (Å²) in [6, 6.07) is 0. The second-order valence-electron chi connectivity index (χ2n) is 26.7. The van der Waals surface area contributed by atoms with E-state index in [1.807, 2.05) is 0 Å². The summed E-state index contributed by atoms with van der Waals surface area (Å²) in [6.45, 7) is 4.98. The molecule has 0 aromatic heterocycles. The Morgan fingerprint density at radius 3 is 0.634 bits per heavy atom. The van der Waals surface area contributed by atoms with Crippen LogP contribution in [0.1, 0.15) is 394 Å². The molecule has 0 amide bonds. The van der Waals surface area contributed by atoms with Gasteiger partial charge in [0.25, 0.3) is 0 Å². The first kappa shape index (κ1) is 91.1. The molecule has 0 aromatic carbocycles. The molecule has 0 heterocycles. The summed E-state index contributed by atoms with van der Waals surface area (Å²) in [7, 11) is -9.90. The lowest BCUT2D eigenvalue weighted by Gasteiger charge is -2.21. The molecule has 0 saturated heterocycles. The van der Waals surface area contributed by atoms with Crippen LogP contribution in [0.5, 0.6) is 0 Å². The van der Waals surface area contributed by atoms with Gasteiger partial charge in [-0.2, -0.15) is 0 Å². The van der Waals surface area contributed by atoms with Crippen molar-refractivity contribution in [2.45, 2.75) is 412 Å². The number of hydrogen-bond donors (Lipinski definition) is 3.